The molecule has 0 aromatic heterocycles. The van der Waals surface area contributed by atoms with E-state index in [2.05, 4.69) is 11.9 Å². The summed E-state index contributed by atoms with van der Waals surface area (Å²) in [5.74, 6) is -2.90. The van der Waals surface area contributed by atoms with E-state index >= 15 is 0 Å². The maximum atomic E-state index is 12.6. The van der Waals surface area contributed by atoms with Crippen molar-refractivity contribution in [3.63, 3.8) is 0 Å². The molecule has 2 aliphatic rings. The first kappa shape index (κ1) is 20.7. The predicted molar refractivity (Wildman–Crippen MR) is 96.2 cm³/mol. The van der Waals surface area contributed by atoms with Crippen LogP contribution < -0.4 is 5.32 Å². The zero-order valence-corrected chi connectivity index (χ0v) is 16.5. The van der Waals surface area contributed by atoms with E-state index in [0.717, 1.165) is 21.2 Å². The summed E-state index contributed by atoms with van der Waals surface area (Å²) in [7, 11) is 1.48. The molecule has 5 amide bonds. The summed E-state index contributed by atoms with van der Waals surface area (Å²) in [6.45, 7) is 9.44. The Labute approximate surface area is 160 Å². The molecule has 0 aromatic rings. The molecule has 0 bridgehead atoms. The Bertz CT molecular complexity index is 737. The number of carboxylic acid groups (broad SMARTS) is 1. The van der Waals surface area contributed by atoms with Gasteiger partial charge in [-0.25, -0.2) is 13.9 Å². The van der Waals surface area contributed by atoms with E-state index in [1.807, 2.05) is 0 Å². The summed E-state index contributed by atoms with van der Waals surface area (Å²) in [4.78, 5) is 62.8. The summed E-state index contributed by atoms with van der Waals surface area (Å²) in [5, 5.41) is 11.0. The standard InChI is InChI=1S/C16H22N4O6S/c1-7(2)10(13(23)24)19-11(22)9(17-8(3)21)12(19)27-20-14(25)16(4,5)18(6)15(20)26/h9-10,12H,1H2,2-6H3,(H,17,21)(H,23,24). The lowest BCUT2D eigenvalue weighted by molar-refractivity contribution is -0.159. The summed E-state index contributed by atoms with van der Waals surface area (Å²) < 4.78 is 0.899. The van der Waals surface area contributed by atoms with Crippen LogP contribution in [0.3, 0.4) is 0 Å². The Morgan fingerprint density at radius 3 is 2.19 bits per heavy atom. The van der Waals surface area contributed by atoms with Gasteiger partial charge in [-0.05, 0) is 38.3 Å². The van der Waals surface area contributed by atoms with E-state index in [1.54, 1.807) is 13.8 Å². The number of imide groups is 1. The number of hydrogen-bond acceptors (Lipinski definition) is 6. The summed E-state index contributed by atoms with van der Waals surface area (Å²) in [5.41, 5.74) is -0.869. The highest BCUT2D eigenvalue weighted by Crippen LogP contribution is 2.40. The van der Waals surface area contributed by atoms with Gasteiger partial charge in [-0.3, -0.25) is 14.4 Å². The highest BCUT2D eigenvalue weighted by atomic mass is 32.2. The molecule has 27 heavy (non-hydrogen) atoms. The monoisotopic (exact) mass is 398 g/mol. The van der Waals surface area contributed by atoms with E-state index < -0.39 is 52.7 Å². The lowest BCUT2D eigenvalue weighted by atomic mass is 9.99. The summed E-state index contributed by atoms with van der Waals surface area (Å²) in [6, 6.07) is -2.97. The van der Waals surface area contributed by atoms with Gasteiger partial charge in [0.05, 0.1) is 0 Å². The highest BCUT2D eigenvalue weighted by Gasteiger charge is 2.58. The van der Waals surface area contributed by atoms with Crippen molar-refractivity contribution in [3.8, 4) is 0 Å². The minimum Gasteiger partial charge on any atom is -0.479 e. The molecule has 2 rings (SSSR count). The molecule has 2 N–H and O–H groups in total. The first-order valence-electron chi connectivity index (χ1n) is 8.09. The number of likely N-dealkylation sites (tertiary alicyclic amines) is 1. The van der Waals surface area contributed by atoms with Gasteiger partial charge in [-0.15, -0.1) is 0 Å². The van der Waals surface area contributed by atoms with E-state index in [1.165, 1.54) is 25.8 Å². The number of carbonyl (C=O) groups excluding carboxylic acids is 4. The normalized spacial score (nSPS) is 25.4. The van der Waals surface area contributed by atoms with Crippen LogP contribution >= 0.6 is 11.9 Å². The molecule has 3 atom stereocenters. The van der Waals surface area contributed by atoms with Gasteiger partial charge in [-0.1, -0.05) is 6.58 Å². The zero-order valence-electron chi connectivity index (χ0n) is 15.7. The van der Waals surface area contributed by atoms with Crippen LogP contribution in [0.5, 0.6) is 0 Å². The largest absolute Gasteiger partial charge is 0.479 e. The number of amides is 5. The zero-order chi connectivity index (χ0) is 20.8. The van der Waals surface area contributed by atoms with Gasteiger partial charge in [0.2, 0.25) is 11.8 Å². The number of nitrogens with zero attached hydrogens (tertiary/aromatic N) is 3. The van der Waals surface area contributed by atoms with Crippen molar-refractivity contribution in [1.29, 1.82) is 0 Å². The fourth-order valence-electron chi connectivity index (χ4n) is 2.85. The van der Waals surface area contributed by atoms with Gasteiger partial charge in [0, 0.05) is 14.0 Å². The van der Waals surface area contributed by atoms with Crippen molar-refractivity contribution in [2.75, 3.05) is 7.05 Å². The third-order valence-corrected chi connectivity index (χ3v) is 5.89. The van der Waals surface area contributed by atoms with Crippen molar-refractivity contribution in [2.24, 2.45) is 0 Å². The number of nitrogens with one attached hydrogen (secondary N) is 1. The third-order valence-electron chi connectivity index (χ3n) is 4.64. The molecule has 0 radical (unpaired) electrons. The number of rotatable bonds is 6. The average Bonchev–Trinajstić information content (AvgIpc) is 2.69. The molecule has 2 heterocycles. The maximum Gasteiger partial charge on any atom is 0.337 e. The van der Waals surface area contributed by atoms with E-state index in [9.17, 15) is 29.1 Å². The summed E-state index contributed by atoms with van der Waals surface area (Å²) >= 11 is 0.720. The highest BCUT2D eigenvalue weighted by molar-refractivity contribution is 7.98. The van der Waals surface area contributed by atoms with Crippen LogP contribution in [-0.2, 0) is 19.2 Å². The van der Waals surface area contributed by atoms with Crippen LogP contribution in [0.15, 0.2) is 12.2 Å². The molecule has 2 fully saturated rings. The third kappa shape index (κ3) is 3.27. The smallest absolute Gasteiger partial charge is 0.337 e. The minimum atomic E-state index is -1.33. The average molecular weight is 398 g/mol. The van der Waals surface area contributed by atoms with E-state index in [4.69, 9.17) is 0 Å². The molecule has 148 valence electrons. The van der Waals surface area contributed by atoms with Gasteiger partial charge in [0.1, 0.15) is 17.0 Å². The molecule has 0 saturated carbocycles. The van der Waals surface area contributed by atoms with Crippen LogP contribution in [0.1, 0.15) is 27.7 Å². The summed E-state index contributed by atoms with van der Waals surface area (Å²) in [6.07, 6.45) is 0. The lowest BCUT2D eigenvalue weighted by Gasteiger charge is -2.49. The quantitative estimate of drug-likeness (QED) is 0.279. The van der Waals surface area contributed by atoms with Gasteiger partial charge in [0.15, 0.2) is 6.04 Å². The Morgan fingerprint density at radius 1 is 1.26 bits per heavy atom. The number of hydrogen-bond donors (Lipinski definition) is 2. The lowest BCUT2D eigenvalue weighted by Crippen LogP contribution is -2.73. The van der Waals surface area contributed by atoms with Crippen molar-refractivity contribution < 1.29 is 29.1 Å². The number of carboxylic acids is 1. The first-order chi connectivity index (χ1) is 12.3. The first-order valence-corrected chi connectivity index (χ1v) is 8.92. The molecule has 11 heteroatoms. The van der Waals surface area contributed by atoms with Gasteiger partial charge in [0.25, 0.3) is 5.91 Å². The number of β-lactam (4-membered cyclic amide) rings is 1. The SMILES string of the molecule is C=C(C)C(C(=O)O)N1C(=O)C(NC(C)=O)C1SN1C(=O)N(C)C(C)(C)C1=O. The number of carbonyl (C=O) groups is 5. The molecule has 0 aromatic carbocycles. The molecule has 2 saturated heterocycles. The van der Waals surface area contributed by atoms with Crippen molar-refractivity contribution in [1.82, 2.24) is 19.4 Å². The molecule has 3 unspecified atom stereocenters. The van der Waals surface area contributed by atoms with E-state index in [-0.39, 0.29) is 5.57 Å². The predicted octanol–water partition coefficient (Wildman–Crippen LogP) is 0.00950. The van der Waals surface area contributed by atoms with Crippen LogP contribution in [-0.4, -0.2) is 79.0 Å². The second kappa shape index (κ2) is 6.87. The van der Waals surface area contributed by atoms with E-state index in [0.29, 0.717) is 0 Å². The fraction of sp³-hybridized carbons (Fsp3) is 0.562. The van der Waals surface area contributed by atoms with Crippen molar-refractivity contribution in [3.05, 3.63) is 12.2 Å². The minimum absolute atomic E-state index is 0.208. The van der Waals surface area contributed by atoms with Crippen molar-refractivity contribution in [2.45, 2.75) is 50.7 Å². The Morgan fingerprint density at radius 2 is 1.81 bits per heavy atom. The van der Waals surface area contributed by atoms with Crippen molar-refractivity contribution >= 4 is 41.7 Å². The maximum absolute atomic E-state index is 12.6. The molecule has 2 aliphatic heterocycles. The Kier molecular flexibility index (Phi) is 5.28. The van der Waals surface area contributed by atoms with Crippen LogP contribution in [0.25, 0.3) is 0 Å². The van der Waals surface area contributed by atoms with Crippen LogP contribution in [0, 0.1) is 0 Å². The Hall–Kier alpha value is -2.56. The Balaban J connectivity index is 2.36. The molecule has 0 aliphatic carbocycles. The van der Waals surface area contributed by atoms with Gasteiger partial charge < -0.3 is 20.2 Å². The molecule has 0 spiro atoms. The fourth-order valence-corrected chi connectivity index (χ4v) is 4.23. The van der Waals surface area contributed by atoms with Crippen LogP contribution in [0.4, 0.5) is 4.79 Å². The van der Waals surface area contributed by atoms with Gasteiger partial charge >= 0.3 is 12.0 Å². The second-order valence-electron chi connectivity index (χ2n) is 7.01. The molecule has 10 nitrogen and oxygen atoms in total. The molecular formula is C16H22N4O6S. The topological polar surface area (TPSA) is 127 Å². The molecular weight excluding hydrogens is 376 g/mol. The van der Waals surface area contributed by atoms with Gasteiger partial charge in [-0.2, -0.15) is 0 Å². The number of aliphatic carboxylic acids is 1. The second-order valence-corrected chi connectivity index (χ2v) is 8.07. The number of likely N-dealkylation sites (N-methyl/N-ethyl adjacent to an activating group) is 1. The van der Waals surface area contributed by atoms with Crippen LogP contribution in [0.2, 0.25) is 0 Å². The number of urea groups is 1.